The van der Waals surface area contributed by atoms with Gasteiger partial charge in [0, 0.05) is 34.4 Å². The maximum Gasteiger partial charge on any atom is 0.228 e. The van der Waals surface area contributed by atoms with Crippen LogP contribution in [-0.2, 0) is 18.6 Å². The van der Waals surface area contributed by atoms with Gasteiger partial charge < -0.3 is 20.5 Å². The SMILES string of the molecule is CC(O)(O)c1cnn2c(N[C@@H]3CCc4[nH]c5ccccc5c4C3)nc(-c3cncc(F)c3)nc12. The Bertz CT molecular complexity index is 1540. The minimum atomic E-state index is -2.16. The van der Waals surface area contributed by atoms with Crippen LogP contribution in [0.15, 0.2) is 48.9 Å². The summed E-state index contributed by atoms with van der Waals surface area (Å²) in [5.41, 5.74) is 4.35. The van der Waals surface area contributed by atoms with Crippen molar-refractivity contribution >= 4 is 22.5 Å². The Kier molecular flexibility index (Phi) is 4.61. The first-order chi connectivity index (χ1) is 16.4. The maximum atomic E-state index is 13.9. The van der Waals surface area contributed by atoms with Gasteiger partial charge in [-0.15, -0.1) is 0 Å². The van der Waals surface area contributed by atoms with Crippen LogP contribution >= 0.6 is 0 Å². The summed E-state index contributed by atoms with van der Waals surface area (Å²) < 4.78 is 15.3. The molecule has 4 aromatic heterocycles. The third kappa shape index (κ3) is 3.47. The van der Waals surface area contributed by atoms with Gasteiger partial charge in [-0.1, -0.05) is 18.2 Å². The Hall–Kier alpha value is -3.89. The van der Waals surface area contributed by atoms with Crippen LogP contribution in [0.5, 0.6) is 0 Å². The number of rotatable bonds is 4. The predicted octanol–water partition coefficient (Wildman–Crippen LogP) is 2.93. The number of hydrogen-bond acceptors (Lipinski definition) is 7. The summed E-state index contributed by atoms with van der Waals surface area (Å²) in [6.07, 6.45) is 6.45. The Morgan fingerprint density at radius 1 is 1.18 bits per heavy atom. The number of fused-ring (bicyclic) bond motifs is 4. The molecule has 1 aliphatic rings. The molecule has 0 radical (unpaired) electrons. The fourth-order valence-corrected chi connectivity index (χ4v) is 4.64. The Morgan fingerprint density at radius 3 is 2.85 bits per heavy atom. The third-order valence-electron chi connectivity index (χ3n) is 6.27. The molecule has 172 valence electrons. The number of pyridine rings is 1. The molecule has 6 rings (SSSR count). The highest BCUT2D eigenvalue weighted by Crippen LogP contribution is 2.31. The number of anilines is 1. The molecule has 4 N–H and O–H groups in total. The Labute approximate surface area is 193 Å². The molecule has 1 aliphatic carbocycles. The molecule has 0 bridgehead atoms. The van der Waals surface area contributed by atoms with E-state index < -0.39 is 11.6 Å². The van der Waals surface area contributed by atoms with Crippen LogP contribution in [0.2, 0.25) is 0 Å². The van der Waals surface area contributed by atoms with Gasteiger partial charge in [-0.2, -0.15) is 14.6 Å². The van der Waals surface area contributed by atoms with E-state index in [0.717, 1.165) is 31.0 Å². The molecular weight excluding hydrogens is 437 g/mol. The number of aryl methyl sites for hydroxylation is 1. The van der Waals surface area contributed by atoms with E-state index in [1.807, 2.05) is 12.1 Å². The van der Waals surface area contributed by atoms with Crippen molar-refractivity contribution in [3.05, 3.63) is 71.6 Å². The Balaban J connectivity index is 1.43. The minimum Gasteiger partial charge on any atom is -0.362 e. The lowest BCUT2D eigenvalue weighted by Gasteiger charge is -2.24. The van der Waals surface area contributed by atoms with E-state index in [0.29, 0.717) is 11.5 Å². The summed E-state index contributed by atoms with van der Waals surface area (Å²) in [5, 5.41) is 29.4. The molecule has 5 aromatic rings. The van der Waals surface area contributed by atoms with Crippen molar-refractivity contribution in [2.75, 3.05) is 5.32 Å². The van der Waals surface area contributed by atoms with Crippen molar-refractivity contribution < 1.29 is 14.6 Å². The molecule has 0 aliphatic heterocycles. The van der Waals surface area contributed by atoms with E-state index in [1.165, 1.54) is 46.5 Å². The van der Waals surface area contributed by atoms with Crippen molar-refractivity contribution in [2.24, 2.45) is 0 Å². The predicted molar refractivity (Wildman–Crippen MR) is 123 cm³/mol. The second-order valence-corrected chi connectivity index (χ2v) is 8.79. The van der Waals surface area contributed by atoms with Crippen molar-refractivity contribution in [2.45, 2.75) is 38.0 Å². The van der Waals surface area contributed by atoms with E-state index >= 15 is 0 Å². The molecule has 9 nitrogen and oxygen atoms in total. The molecule has 34 heavy (non-hydrogen) atoms. The van der Waals surface area contributed by atoms with Crippen LogP contribution in [0.4, 0.5) is 10.3 Å². The lowest BCUT2D eigenvalue weighted by atomic mass is 9.91. The molecule has 0 saturated carbocycles. The van der Waals surface area contributed by atoms with E-state index in [-0.39, 0.29) is 23.1 Å². The molecule has 0 amide bonds. The second kappa shape index (κ2) is 7.57. The number of benzene rings is 1. The zero-order chi connectivity index (χ0) is 23.4. The van der Waals surface area contributed by atoms with Gasteiger partial charge in [-0.05, 0) is 43.9 Å². The van der Waals surface area contributed by atoms with Crippen LogP contribution in [0, 0.1) is 5.82 Å². The van der Waals surface area contributed by atoms with Gasteiger partial charge in [0.1, 0.15) is 5.82 Å². The molecule has 0 fully saturated rings. The molecule has 0 spiro atoms. The number of para-hydroxylation sites is 1. The first-order valence-corrected chi connectivity index (χ1v) is 11.0. The van der Waals surface area contributed by atoms with Crippen molar-refractivity contribution in [1.82, 2.24) is 29.5 Å². The van der Waals surface area contributed by atoms with E-state index in [9.17, 15) is 14.6 Å². The van der Waals surface area contributed by atoms with Crippen LogP contribution in [0.3, 0.4) is 0 Å². The average molecular weight is 459 g/mol. The number of nitrogens with zero attached hydrogens (tertiary/aromatic N) is 5. The lowest BCUT2D eigenvalue weighted by Crippen LogP contribution is -2.29. The smallest absolute Gasteiger partial charge is 0.228 e. The van der Waals surface area contributed by atoms with E-state index in [4.69, 9.17) is 0 Å². The van der Waals surface area contributed by atoms with Gasteiger partial charge in [0.05, 0.1) is 18.0 Å². The zero-order valence-electron chi connectivity index (χ0n) is 18.3. The largest absolute Gasteiger partial charge is 0.362 e. The maximum absolute atomic E-state index is 13.9. The van der Waals surface area contributed by atoms with Gasteiger partial charge in [0.25, 0.3) is 0 Å². The fraction of sp³-hybridized carbons (Fsp3) is 0.250. The second-order valence-electron chi connectivity index (χ2n) is 8.79. The van der Waals surface area contributed by atoms with Crippen LogP contribution in [-0.4, -0.2) is 45.8 Å². The van der Waals surface area contributed by atoms with Gasteiger partial charge in [-0.3, -0.25) is 4.98 Å². The number of hydrogen-bond donors (Lipinski definition) is 4. The van der Waals surface area contributed by atoms with Gasteiger partial charge in [0.15, 0.2) is 17.3 Å². The number of halogens is 1. The van der Waals surface area contributed by atoms with E-state index in [1.54, 1.807) is 0 Å². The summed E-state index contributed by atoms with van der Waals surface area (Å²) in [5.74, 6) is -2.09. The highest BCUT2D eigenvalue weighted by atomic mass is 19.1. The third-order valence-corrected chi connectivity index (χ3v) is 6.27. The summed E-state index contributed by atoms with van der Waals surface area (Å²) >= 11 is 0. The zero-order valence-corrected chi connectivity index (χ0v) is 18.3. The summed E-state index contributed by atoms with van der Waals surface area (Å²) in [4.78, 5) is 16.5. The van der Waals surface area contributed by atoms with Crippen LogP contribution in [0.25, 0.3) is 27.9 Å². The minimum absolute atomic E-state index is 0.0607. The molecule has 0 saturated heterocycles. The van der Waals surface area contributed by atoms with Crippen molar-refractivity contribution in [3.63, 3.8) is 0 Å². The van der Waals surface area contributed by atoms with Crippen molar-refractivity contribution in [1.29, 1.82) is 0 Å². The number of nitrogens with one attached hydrogen (secondary N) is 2. The summed E-state index contributed by atoms with van der Waals surface area (Å²) in [7, 11) is 0. The number of H-pyrrole nitrogens is 1. The summed E-state index contributed by atoms with van der Waals surface area (Å²) in [6, 6.07) is 9.60. The Morgan fingerprint density at radius 2 is 2.03 bits per heavy atom. The fourth-order valence-electron chi connectivity index (χ4n) is 4.64. The number of aliphatic hydroxyl groups is 2. The van der Waals surface area contributed by atoms with Crippen molar-refractivity contribution in [3.8, 4) is 11.4 Å². The highest BCUT2D eigenvalue weighted by molar-refractivity contribution is 5.85. The molecule has 0 unspecified atom stereocenters. The lowest BCUT2D eigenvalue weighted by molar-refractivity contribution is -0.151. The van der Waals surface area contributed by atoms with Gasteiger partial charge in [0.2, 0.25) is 5.95 Å². The normalized spacial score (nSPS) is 16.2. The number of aromatic nitrogens is 6. The number of aromatic amines is 1. The average Bonchev–Trinajstić information content (AvgIpc) is 3.41. The topological polar surface area (TPSA) is 124 Å². The quantitative estimate of drug-likeness (QED) is 0.305. The van der Waals surface area contributed by atoms with Crippen LogP contribution in [0.1, 0.15) is 30.2 Å². The van der Waals surface area contributed by atoms with Gasteiger partial charge >= 0.3 is 0 Å². The van der Waals surface area contributed by atoms with Gasteiger partial charge in [-0.25, -0.2) is 9.37 Å². The molecular formula is C24H22FN7O2. The molecule has 1 atom stereocenters. The highest BCUT2D eigenvalue weighted by Gasteiger charge is 2.28. The summed E-state index contributed by atoms with van der Waals surface area (Å²) in [6.45, 7) is 1.24. The standard InChI is InChI=1S/C24H22FN7O2/c1-24(33,34)18-12-27-32-22(18)30-21(13-8-14(25)11-26-10-13)31-23(32)28-15-6-7-20-17(9-15)16-4-2-3-5-19(16)29-20/h2-5,8,10-12,15,29,33-34H,6-7,9H2,1H3,(H,28,30,31)/t15-/m1/s1. The first kappa shape index (κ1) is 20.7. The first-order valence-electron chi connectivity index (χ1n) is 11.0. The molecule has 4 heterocycles. The monoisotopic (exact) mass is 459 g/mol. The molecule has 1 aromatic carbocycles. The molecule has 10 heteroatoms. The van der Waals surface area contributed by atoms with Crippen LogP contribution < -0.4 is 5.32 Å². The van der Waals surface area contributed by atoms with E-state index in [2.05, 4.69) is 42.5 Å².